The fraction of sp³-hybridized carbons (Fsp3) is 0.464. The van der Waals surface area contributed by atoms with E-state index in [1.807, 2.05) is 50.2 Å². The van der Waals surface area contributed by atoms with E-state index in [0.717, 1.165) is 17.7 Å². The van der Waals surface area contributed by atoms with Gasteiger partial charge in [-0.2, -0.15) is 0 Å². The van der Waals surface area contributed by atoms with Crippen molar-refractivity contribution < 1.29 is 18.8 Å². The summed E-state index contributed by atoms with van der Waals surface area (Å²) in [5.41, 5.74) is 1.08. The fourth-order valence-electron chi connectivity index (χ4n) is 5.42. The van der Waals surface area contributed by atoms with Crippen LogP contribution in [0.3, 0.4) is 0 Å². The highest BCUT2D eigenvalue weighted by Gasteiger charge is 2.56. The normalized spacial score (nSPS) is 20.8. The van der Waals surface area contributed by atoms with Gasteiger partial charge in [-0.15, -0.1) is 0 Å². The second kappa shape index (κ2) is 10.8. The van der Waals surface area contributed by atoms with Gasteiger partial charge in [0.1, 0.15) is 11.4 Å². The van der Waals surface area contributed by atoms with Crippen LogP contribution in [0.25, 0.3) is 0 Å². The van der Waals surface area contributed by atoms with Gasteiger partial charge in [-0.05, 0) is 76.0 Å². The number of benzene rings is 2. The number of rotatable bonds is 8. The molecule has 2 aromatic carbocycles. The molecule has 4 rings (SSSR count). The van der Waals surface area contributed by atoms with Crippen molar-refractivity contribution in [1.82, 2.24) is 20.0 Å². The first-order valence-electron chi connectivity index (χ1n) is 12.6. The van der Waals surface area contributed by atoms with Crippen LogP contribution in [0.2, 0.25) is 0 Å². The predicted octanol–water partition coefficient (Wildman–Crippen LogP) is 3.47. The van der Waals surface area contributed by atoms with Gasteiger partial charge in [0.25, 0.3) is 11.8 Å². The van der Waals surface area contributed by atoms with E-state index in [9.17, 15) is 18.8 Å². The number of nitrogens with one attached hydrogen (secondary N) is 1. The Kier molecular flexibility index (Phi) is 7.73. The molecule has 0 bridgehead atoms. The van der Waals surface area contributed by atoms with Gasteiger partial charge in [0.2, 0.25) is 0 Å². The van der Waals surface area contributed by atoms with E-state index in [2.05, 4.69) is 5.32 Å². The summed E-state index contributed by atoms with van der Waals surface area (Å²) in [6, 6.07) is 13.6. The van der Waals surface area contributed by atoms with Gasteiger partial charge in [-0.3, -0.25) is 14.5 Å². The lowest BCUT2D eigenvalue weighted by atomic mass is 9.73. The Morgan fingerprint density at radius 1 is 1.08 bits per heavy atom. The van der Waals surface area contributed by atoms with Crippen LogP contribution in [-0.2, 0) is 11.2 Å². The molecule has 2 heterocycles. The van der Waals surface area contributed by atoms with Crippen LogP contribution >= 0.6 is 0 Å². The summed E-state index contributed by atoms with van der Waals surface area (Å²) >= 11 is 0. The van der Waals surface area contributed by atoms with E-state index in [4.69, 9.17) is 0 Å². The number of hydrogen-bond donors (Lipinski definition) is 1. The molecule has 0 unspecified atom stereocenters. The van der Waals surface area contributed by atoms with Crippen molar-refractivity contribution in [2.75, 3.05) is 40.3 Å². The molecule has 192 valence electrons. The number of hydrogen-bond acceptors (Lipinski definition) is 4. The number of imide groups is 1. The standard InChI is InChI=1S/C28H35FN4O3/c1-20-9-4-5-10-21(20)19-28(26(35)33(27(36)30-28)16-8-15-31(2)3)22-13-17-32(18-14-22)25(34)23-11-6-7-12-24(23)29/h4-7,9-12,22H,8,13-19H2,1-3H3,(H,30,36)/t28-/m1/s1. The Hall–Kier alpha value is -3.26. The topological polar surface area (TPSA) is 73.0 Å². The molecule has 0 aromatic heterocycles. The van der Waals surface area contributed by atoms with Crippen LogP contribution in [0.5, 0.6) is 0 Å². The first kappa shape index (κ1) is 25.8. The van der Waals surface area contributed by atoms with Gasteiger partial charge < -0.3 is 15.1 Å². The minimum Gasteiger partial charge on any atom is -0.339 e. The molecular formula is C28H35FN4O3. The zero-order valence-corrected chi connectivity index (χ0v) is 21.3. The maximum atomic E-state index is 14.2. The molecule has 2 fully saturated rings. The molecule has 1 atom stereocenters. The summed E-state index contributed by atoms with van der Waals surface area (Å²) < 4.78 is 14.2. The van der Waals surface area contributed by atoms with Crippen molar-refractivity contribution in [1.29, 1.82) is 0 Å². The van der Waals surface area contributed by atoms with Crippen LogP contribution in [0.15, 0.2) is 48.5 Å². The molecule has 0 aliphatic carbocycles. The molecule has 8 heteroatoms. The lowest BCUT2D eigenvalue weighted by Gasteiger charge is -2.41. The second-order valence-corrected chi connectivity index (χ2v) is 10.2. The second-order valence-electron chi connectivity index (χ2n) is 10.2. The van der Waals surface area contributed by atoms with Crippen LogP contribution in [0, 0.1) is 18.7 Å². The fourth-order valence-corrected chi connectivity index (χ4v) is 5.42. The number of amides is 4. The lowest BCUT2D eigenvalue weighted by Crippen LogP contribution is -2.58. The molecule has 2 aliphatic rings. The highest BCUT2D eigenvalue weighted by atomic mass is 19.1. The molecular weight excluding hydrogens is 459 g/mol. The average Bonchev–Trinajstić information content (AvgIpc) is 3.10. The first-order valence-corrected chi connectivity index (χ1v) is 12.6. The third kappa shape index (κ3) is 5.14. The molecule has 4 amide bonds. The quantitative estimate of drug-likeness (QED) is 0.571. The van der Waals surface area contributed by atoms with Gasteiger partial charge in [-0.1, -0.05) is 36.4 Å². The largest absolute Gasteiger partial charge is 0.339 e. The van der Waals surface area contributed by atoms with Gasteiger partial charge in [-0.25, -0.2) is 9.18 Å². The average molecular weight is 495 g/mol. The number of carbonyl (C=O) groups excluding carboxylic acids is 3. The molecule has 36 heavy (non-hydrogen) atoms. The number of piperidine rings is 1. The van der Waals surface area contributed by atoms with E-state index < -0.39 is 11.4 Å². The number of carbonyl (C=O) groups is 3. The maximum Gasteiger partial charge on any atom is 0.325 e. The van der Waals surface area contributed by atoms with E-state index in [1.165, 1.54) is 17.0 Å². The number of urea groups is 1. The Labute approximate surface area is 212 Å². The van der Waals surface area contributed by atoms with Crippen LogP contribution in [0.1, 0.15) is 40.7 Å². The van der Waals surface area contributed by atoms with E-state index in [1.54, 1.807) is 17.0 Å². The summed E-state index contributed by atoms with van der Waals surface area (Å²) in [4.78, 5) is 44.9. The first-order chi connectivity index (χ1) is 17.2. The number of aryl methyl sites for hydroxylation is 1. The van der Waals surface area contributed by atoms with E-state index >= 15 is 0 Å². The zero-order chi connectivity index (χ0) is 25.9. The highest BCUT2D eigenvalue weighted by molar-refractivity contribution is 6.07. The molecule has 0 saturated carbocycles. The lowest BCUT2D eigenvalue weighted by molar-refractivity contribution is -0.134. The minimum atomic E-state index is -1.06. The summed E-state index contributed by atoms with van der Waals surface area (Å²) in [6.45, 7) is 3.95. The van der Waals surface area contributed by atoms with Crippen LogP contribution in [0.4, 0.5) is 9.18 Å². The Bertz CT molecular complexity index is 1130. The molecule has 7 nitrogen and oxygen atoms in total. The molecule has 2 aliphatic heterocycles. The number of halogens is 1. The predicted molar refractivity (Wildman–Crippen MR) is 136 cm³/mol. The van der Waals surface area contributed by atoms with Gasteiger partial charge >= 0.3 is 6.03 Å². The van der Waals surface area contributed by atoms with Crippen molar-refractivity contribution in [2.24, 2.45) is 5.92 Å². The Balaban J connectivity index is 1.56. The number of likely N-dealkylation sites (tertiary alicyclic amines) is 1. The number of nitrogens with zero attached hydrogens (tertiary/aromatic N) is 3. The van der Waals surface area contributed by atoms with Gasteiger partial charge in [0.05, 0.1) is 5.56 Å². The van der Waals surface area contributed by atoms with Crippen molar-refractivity contribution in [2.45, 2.75) is 38.1 Å². The van der Waals surface area contributed by atoms with Crippen molar-refractivity contribution in [3.05, 3.63) is 71.0 Å². The molecule has 1 N–H and O–H groups in total. The molecule has 2 aromatic rings. The summed E-state index contributed by atoms with van der Waals surface area (Å²) in [6.07, 6.45) is 2.19. The van der Waals surface area contributed by atoms with Crippen LogP contribution in [-0.4, -0.2) is 78.4 Å². The summed E-state index contributed by atoms with van der Waals surface area (Å²) in [5.74, 6) is -1.20. The SMILES string of the molecule is Cc1ccccc1C[C@]1(C2CCN(C(=O)c3ccccc3F)CC2)NC(=O)N(CCCN(C)C)C1=O. The van der Waals surface area contributed by atoms with Crippen molar-refractivity contribution >= 4 is 17.8 Å². The monoisotopic (exact) mass is 494 g/mol. The third-order valence-corrected chi connectivity index (χ3v) is 7.50. The highest BCUT2D eigenvalue weighted by Crippen LogP contribution is 2.37. The van der Waals surface area contributed by atoms with E-state index in [0.29, 0.717) is 45.3 Å². The Morgan fingerprint density at radius 3 is 2.42 bits per heavy atom. The summed E-state index contributed by atoms with van der Waals surface area (Å²) in [7, 11) is 3.93. The minimum absolute atomic E-state index is 0.0582. The van der Waals surface area contributed by atoms with Gasteiger partial charge in [0, 0.05) is 26.1 Å². The summed E-state index contributed by atoms with van der Waals surface area (Å²) in [5, 5.41) is 3.10. The molecule has 0 radical (unpaired) electrons. The van der Waals surface area contributed by atoms with Crippen molar-refractivity contribution in [3.63, 3.8) is 0 Å². The smallest absolute Gasteiger partial charge is 0.325 e. The van der Waals surface area contributed by atoms with Gasteiger partial charge in [0.15, 0.2) is 0 Å². The molecule has 0 spiro atoms. The zero-order valence-electron chi connectivity index (χ0n) is 21.3. The molecule has 2 saturated heterocycles. The maximum absolute atomic E-state index is 14.2. The Morgan fingerprint density at radius 2 is 1.75 bits per heavy atom. The third-order valence-electron chi connectivity index (χ3n) is 7.50. The van der Waals surface area contributed by atoms with E-state index in [-0.39, 0.29) is 29.3 Å². The van der Waals surface area contributed by atoms with Crippen molar-refractivity contribution in [3.8, 4) is 0 Å². The van der Waals surface area contributed by atoms with Crippen LogP contribution < -0.4 is 5.32 Å².